The standard InChI is InChI=1S/C7H11F3N4S/c1-3-14-5(11-12-6(14)15)13(2)4-7(8,9)10/h3-4H2,1-2H3,(H,12,15). The predicted octanol–water partition coefficient (Wildman–Crippen LogP) is 1.96. The number of nitrogens with one attached hydrogen (secondary N) is 1. The molecule has 0 aliphatic carbocycles. The van der Waals surface area contributed by atoms with Gasteiger partial charge in [0.2, 0.25) is 5.95 Å². The molecule has 4 nitrogen and oxygen atoms in total. The molecule has 1 N–H and O–H groups in total. The molecule has 1 rings (SSSR count). The van der Waals surface area contributed by atoms with Gasteiger partial charge in [0.05, 0.1) is 0 Å². The van der Waals surface area contributed by atoms with E-state index in [9.17, 15) is 13.2 Å². The van der Waals surface area contributed by atoms with Gasteiger partial charge in [-0.05, 0) is 19.1 Å². The number of hydrogen-bond acceptors (Lipinski definition) is 3. The van der Waals surface area contributed by atoms with Crippen LogP contribution in [0.25, 0.3) is 0 Å². The van der Waals surface area contributed by atoms with Gasteiger partial charge in [-0.25, -0.2) is 5.10 Å². The van der Waals surface area contributed by atoms with Gasteiger partial charge < -0.3 is 4.90 Å². The van der Waals surface area contributed by atoms with Crippen LogP contribution in [0.15, 0.2) is 0 Å². The predicted molar refractivity (Wildman–Crippen MR) is 52.4 cm³/mol. The molecule has 1 heterocycles. The lowest BCUT2D eigenvalue weighted by Crippen LogP contribution is -2.32. The van der Waals surface area contributed by atoms with Crippen LogP contribution in [-0.2, 0) is 6.54 Å². The zero-order valence-corrected chi connectivity index (χ0v) is 9.11. The molecule has 86 valence electrons. The topological polar surface area (TPSA) is 36.9 Å². The van der Waals surface area contributed by atoms with E-state index in [4.69, 9.17) is 12.2 Å². The molecule has 0 aliphatic heterocycles. The Morgan fingerprint density at radius 3 is 2.60 bits per heavy atom. The van der Waals surface area contributed by atoms with Crippen LogP contribution < -0.4 is 4.90 Å². The lowest BCUT2D eigenvalue weighted by atomic mass is 10.5. The van der Waals surface area contributed by atoms with E-state index in [2.05, 4.69) is 10.2 Å². The van der Waals surface area contributed by atoms with Crippen LogP contribution >= 0.6 is 12.2 Å². The number of nitrogens with zero attached hydrogens (tertiary/aromatic N) is 3. The first-order valence-corrected chi connectivity index (χ1v) is 4.69. The van der Waals surface area contributed by atoms with E-state index in [0.717, 1.165) is 4.90 Å². The van der Waals surface area contributed by atoms with E-state index in [1.807, 2.05) is 0 Å². The van der Waals surface area contributed by atoms with Gasteiger partial charge in [0.15, 0.2) is 4.77 Å². The molecule has 0 saturated carbocycles. The Balaban J connectivity index is 2.91. The molecule has 1 aromatic rings. The molecule has 0 aromatic carbocycles. The van der Waals surface area contributed by atoms with Crippen LogP contribution in [0.2, 0.25) is 0 Å². The third kappa shape index (κ3) is 2.95. The summed E-state index contributed by atoms with van der Waals surface area (Å²) >= 11 is 4.87. The van der Waals surface area contributed by atoms with Crippen molar-refractivity contribution in [2.75, 3.05) is 18.5 Å². The smallest absolute Gasteiger partial charge is 0.335 e. The van der Waals surface area contributed by atoms with E-state index < -0.39 is 12.7 Å². The first kappa shape index (κ1) is 12.0. The lowest BCUT2D eigenvalue weighted by molar-refractivity contribution is -0.119. The summed E-state index contributed by atoms with van der Waals surface area (Å²) < 4.78 is 38.2. The van der Waals surface area contributed by atoms with Gasteiger partial charge in [-0.1, -0.05) is 0 Å². The average molecular weight is 240 g/mol. The molecule has 0 unspecified atom stereocenters. The average Bonchev–Trinajstić information content (AvgIpc) is 2.43. The fraction of sp³-hybridized carbons (Fsp3) is 0.714. The van der Waals surface area contributed by atoms with Crippen molar-refractivity contribution in [1.82, 2.24) is 14.8 Å². The molecule has 0 atom stereocenters. The Kier molecular flexibility index (Phi) is 3.38. The van der Waals surface area contributed by atoms with Crippen LogP contribution in [-0.4, -0.2) is 34.5 Å². The van der Waals surface area contributed by atoms with Gasteiger partial charge in [0.1, 0.15) is 6.54 Å². The van der Waals surface area contributed by atoms with Crippen LogP contribution in [0.3, 0.4) is 0 Å². The van der Waals surface area contributed by atoms with E-state index in [1.54, 1.807) is 6.92 Å². The molecule has 0 aliphatic rings. The molecule has 0 radical (unpaired) electrons. The second-order valence-corrected chi connectivity index (χ2v) is 3.43. The van der Waals surface area contributed by atoms with Crippen molar-refractivity contribution in [3.05, 3.63) is 4.77 Å². The molecule has 8 heteroatoms. The van der Waals surface area contributed by atoms with Crippen LogP contribution in [0.5, 0.6) is 0 Å². The van der Waals surface area contributed by atoms with Crippen molar-refractivity contribution in [2.24, 2.45) is 0 Å². The highest BCUT2D eigenvalue weighted by Crippen LogP contribution is 2.19. The van der Waals surface area contributed by atoms with Gasteiger partial charge in [-0.2, -0.15) is 13.2 Å². The first-order valence-electron chi connectivity index (χ1n) is 4.28. The van der Waals surface area contributed by atoms with Crippen molar-refractivity contribution in [3.63, 3.8) is 0 Å². The quantitative estimate of drug-likeness (QED) is 0.820. The van der Waals surface area contributed by atoms with Gasteiger partial charge in [0, 0.05) is 13.6 Å². The maximum atomic E-state index is 12.1. The number of H-pyrrole nitrogens is 1. The zero-order valence-electron chi connectivity index (χ0n) is 8.30. The highest BCUT2D eigenvalue weighted by atomic mass is 32.1. The van der Waals surface area contributed by atoms with E-state index in [0.29, 0.717) is 11.3 Å². The Hall–Kier alpha value is -1.05. The molecule has 0 fully saturated rings. The fourth-order valence-corrected chi connectivity index (χ4v) is 1.48. The zero-order chi connectivity index (χ0) is 11.6. The maximum Gasteiger partial charge on any atom is 0.406 e. The number of halogens is 3. The highest BCUT2D eigenvalue weighted by Gasteiger charge is 2.30. The molecule has 15 heavy (non-hydrogen) atoms. The van der Waals surface area contributed by atoms with Crippen molar-refractivity contribution in [1.29, 1.82) is 0 Å². The normalized spacial score (nSPS) is 11.8. The molecule has 0 saturated heterocycles. The van der Waals surface area contributed by atoms with Crippen LogP contribution in [0, 0.1) is 4.77 Å². The van der Waals surface area contributed by atoms with Gasteiger partial charge in [0.25, 0.3) is 0 Å². The molecule has 0 amide bonds. The summed E-state index contributed by atoms with van der Waals surface area (Å²) in [5.41, 5.74) is 0. The maximum absolute atomic E-state index is 12.1. The van der Waals surface area contributed by atoms with Crippen molar-refractivity contribution >= 4 is 18.2 Å². The largest absolute Gasteiger partial charge is 0.406 e. The minimum Gasteiger partial charge on any atom is -0.335 e. The Labute approximate surface area is 89.7 Å². The van der Waals surface area contributed by atoms with Crippen molar-refractivity contribution in [2.45, 2.75) is 19.6 Å². The Bertz CT molecular complexity index is 380. The van der Waals surface area contributed by atoms with Gasteiger partial charge in [-0.3, -0.25) is 4.57 Å². The fourth-order valence-electron chi connectivity index (χ4n) is 1.23. The first-order chi connectivity index (χ1) is 6.85. The lowest BCUT2D eigenvalue weighted by Gasteiger charge is -2.19. The second kappa shape index (κ2) is 4.21. The van der Waals surface area contributed by atoms with Crippen LogP contribution in [0.1, 0.15) is 6.92 Å². The summed E-state index contributed by atoms with van der Waals surface area (Å²) in [6.07, 6.45) is -4.25. The van der Waals surface area contributed by atoms with Gasteiger partial charge in [-0.15, -0.1) is 5.10 Å². The Morgan fingerprint density at radius 2 is 2.13 bits per heavy atom. The molecule has 0 spiro atoms. The molecular weight excluding hydrogens is 229 g/mol. The van der Waals surface area contributed by atoms with Crippen molar-refractivity contribution in [3.8, 4) is 0 Å². The highest BCUT2D eigenvalue weighted by molar-refractivity contribution is 7.71. The number of hydrogen-bond donors (Lipinski definition) is 1. The third-order valence-corrected chi connectivity index (χ3v) is 2.12. The van der Waals surface area contributed by atoms with E-state index >= 15 is 0 Å². The molecule has 1 aromatic heterocycles. The minimum atomic E-state index is -4.25. The minimum absolute atomic E-state index is 0.194. The molecular formula is C7H11F3N4S. The number of aromatic nitrogens is 3. The van der Waals surface area contributed by atoms with Gasteiger partial charge >= 0.3 is 6.18 Å². The third-order valence-electron chi connectivity index (χ3n) is 1.81. The summed E-state index contributed by atoms with van der Waals surface area (Å²) in [5, 5.41) is 6.20. The number of aromatic amines is 1. The summed E-state index contributed by atoms with van der Waals surface area (Å²) in [7, 11) is 1.32. The molecule has 0 bridgehead atoms. The Morgan fingerprint density at radius 1 is 1.53 bits per heavy atom. The summed E-state index contributed by atoms with van der Waals surface area (Å²) in [5.74, 6) is 0.194. The monoisotopic (exact) mass is 240 g/mol. The van der Waals surface area contributed by atoms with E-state index in [-0.39, 0.29) is 5.95 Å². The summed E-state index contributed by atoms with van der Waals surface area (Å²) in [4.78, 5) is 1.01. The summed E-state index contributed by atoms with van der Waals surface area (Å²) in [6.45, 7) is 1.22. The van der Waals surface area contributed by atoms with E-state index in [1.165, 1.54) is 11.6 Å². The van der Waals surface area contributed by atoms with Crippen molar-refractivity contribution < 1.29 is 13.2 Å². The SMILES string of the molecule is CCn1c(N(C)CC(F)(F)F)n[nH]c1=S. The van der Waals surface area contributed by atoms with Crippen LogP contribution in [0.4, 0.5) is 19.1 Å². The number of anilines is 1. The number of rotatable bonds is 3. The second-order valence-electron chi connectivity index (χ2n) is 3.04. The number of alkyl halides is 3. The summed E-state index contributed by atoms with van der Waals surface area (Å²) in [6, 6.07) is 0.